The van der Waals surface area contributed by atoms with Gasteiger partial charge in [0.05, 0.1) is 16.3 Å². The molecule has 100 valence electrons. The summed E-state index contributed by atoms with van der Waals surface area (Å²) in [6.45, 7) is 2.34. The van der Waals surface area contributed by atoms with E-state index in [1.54, 1.807) is 11.3 Å². The molecule has 2 aromatic rings. The van der Waals surface area contributed by atoms with Gasteiger partial charge >= 0.3 is 0 Å². The summed E-state index contributed by atoms with van der Waals surface area (Å²) < 4.78 is 12.8. The lowest BCUT2D eigenvalue weighted by atomic mass is 10.2. The fourth-order valence-electron chi connectivity index (χ4n) is 1.62. The molecule has 19 heavy (non-hydrogen) atoms. The Bertz CT molecular complexity index is 598. The van der Waals surface area contributed by atoms with Crippen molar-refractivity contribution in [3.05, 3.63) is 45.7 Å². The molecule has 2 N–H and O–H groups in total. The third-order valence-corrected chi connectivity index (χ3v) is 3.36. The van der Waals surface area contributed by atoms with Crippen molar-refractivity contribution < 1.29 is 14.3 Å². The zero-order chi connectivity index (χ0) is 13.8. The number of hydrogen-bond donors (Lipinski definition) is 2. The Morgan fingerprint density at radius 2 is 2.32 bits per heavy atom. The zero-order valence-electron chi connectivity index (χ0n) is 10.3. The molecule has 0 saturated heterocycles. The Hall–Kier alpha value is -1.95. The van der Waals surface area contributed by atoms with E-state index in [-0.39, 0.29) is 11.3 Å². The van der Waals surface area contributed by atoms with E-state index in [1.807, 2.05) is 12.3 Å². The largest absolute Gasteiger partial charge is 0.507 e. The summed E-state index contributed by atoms with van der Waals surface area (Å²) in [5.74, 6) is -1.36. The van der Waals surface area contributed by atoms with Crippen molar-refractivity contribution in [1.29, 1.82) is 0 Å². The second-order valence-corrected chi connectivity index (χ2v) is 5.09. The highest BCUT2D eigenvalue weighted by Gasteiger charge is 2.11. The van der Waals surface area contributed by atoms with E-state index in [0.717, 1.165) is 22.8 Å². The summed E-state index contributed by atoms with van der Waals surface area (Å²) in [6, 6.07) is 3.31. The van der Waals surface area contributed by atoms with E-state index < -0.39 is 11.7 Å². The lowest BCUT2D eigenvalue weighted by Crippen LogP contribution is -2.25. The van der Waals surface area contributed by atoms with E-state index in [2.05, 4.69) is 10.3 Å². The predicted octanol–water partition coefficient (Wildman–Crippen LogP) is 2.27. The molecule has 1 amide bonds. The van der Waals surface area contributed by atoms with Crippen LogP contribution >= 0.6 is 11.3 Å². The van der Waals surface area contributed by atoms with Crippen LogP contribution in [0.15, 0.2) is 23.6 Å². The van der Waals surface area contributed by atoms with Gasteiger partial charge in [0, 0.05) is 24.4 Å². The first-order valence-corrected chi connectivity index (χ1v) is 6.62. The van der Waals surface area contributed by atoms with Crippen LogP contribution in [0.2, 0.25) is 0 Å². The third kappa shape index (κ3) is 3.51. The standard InChI is InChI=1S/C13H13FN2O2S/c1-8-16-10(7-19-8)4-5-15-13(18)11-3-2-9(14)6-12(11)17/h2-3,6-7,17H,4-5H2,1H3,(H,15,18). The molecule has 0 saturated carbocycles. The van der Waals surface area contributed by atoms with Crippen LogP contribution in [0.25, 0.3) is 0 Å². The number of halogens is 1. The maximum Gasteiger partial charge on any atom is 0.255 e. The first-order chi connectivity index (χ1) is 9.06. The minimum Gasteiger partial charge on any atom is -0.507 e. The molecule has 0 spiro atoms. The lowest BCUT2D eigenvalue weighted by molar-refractivity contribution is 0.0951. The third-order valence-electron chi connectivity index (χ3n) is 2.54. The van der Waals surface area contributed by atoms with Crippen LogP contribution in [0.3, 0.4) is 0 Å². The number of amides is 1. The molecule has 2 rings (SSSR count). The van der Waals surface area contributed by atoms with Crippen molar-refractivity contribution in [2.75, 3.05) is 6.54 Å². The summed E-state index contributed by atoms with van der Waals surface area (Å²) >= 11 is 1.56. The molecule has 6 heteroatoms. The van der Waals surface area contributed by atoms with Gasteiger partial charge < -0.3 is 10.4 Å². The number of rotatable bonds is 4. The second-order valence-electron chi connectivity index (χ2n) is 4.03. The number of aromatic hydroxyl groups is 1. The first-order valence-electron chi connectivity index (χ1n) is 5.74. The Morgan fingerprint density at radius 3 is 2.95 bits per heavy atom. The summed E-state index contributed by atoms with van der Waals surface area (Å²) in [7, 11) is 0. The second kappa shape index (κ2) is 5.79. The fourth-order valence-corrected chi connectivity index (χ4v) is 2.27. The van der Waals surface area contributed by atoms with Crippen LogP contribution in [0, 0.1) is 12.7 Å². The number of nitrogens with zero attached hydrogens (tertiary/aromatic N) is 1. The van der Waals surface area contributed by atoms with Crippen molar-refractivity contribution in [2.24, 2.45) is 0 Å². The highest BCUT2D eigenvalue weighted by Crippen LogP contribution is 2.17. The summed E-state index contributed by atoms with van der Waals surface area (Å²) in [4.78, 5) is 16.0. The van der Waals surface area contributed by atoms with Crippen molar-refractivity contribution in [3.63, 3.8) is 0 Å². The van der Waals surface area contributed by atoms with Gasteiger partial charge in [-0.15, -0.1) is 11.3 Å². The molecule has 4 nitrogen and oxygen atoms in total. The van der Waals surface area contributed by atoms with Crippen molar-refractivity contribution >= 4 is 17.2 Å². The summed E-state index contributed by atoms with van der Waals surface area (Å²) in [5, 5.41) is 15.1. The van der Waals surface area contributed by atoms with Crippen molar-refractivity contribution in [1.82, 2.24) is 10.3 Å². The molecule has 0 aliphatic heterocycles. The SMILES string of the molecule is Cc1nc(CCNC(=O)c2ccc(F)cc2O)cs1. The number of benzene rings is 1. The molecule has 0 unspecified atom stereocenters. The summed E-state index contributed by atoms with van der Waals surface area (Å²) in [5.41, 5.74) is 0.988. The molecule has 0 fully saturated rings. The van der Waals surface area contributed by atoms with Crippen molar-refractivity contribution in [2.45, 2.75) is 13.3 Å². The molecule has 1 heterocycles. The Morgan fingerprint density at radius 1 is 1.53 bits per heavy atom. The number of thiazole rings is 1. The predicted molar refractivity (Wildman–Crippen MR) is 71.0 cm³/mol. The first kappa shape index (κ1) is 13.5. The highest BCUT2D eigenvalue weighted by molar-refractivity contribution is 7.09. The van der Waals surface area contributed by atoms with Gasteiger partial charge in [0.25, 0.3) is 5.91 Å². The summed E-state index contributed by atoms with van der Waals surface area (Å²) in [6.07, 6.45) is 0.623. The number of nitrogens with one attached hydrogen (secondary N) is 1. The number of carbonyl (C=O) groups is 1. The Balaban J connectivity index is 1.90. The molecule has 0 bridgehead atoms. The van der Waals surface area contributed by atoms with Crippen LogP contribution < -0.4 is 5.32 Å². The van der Waals surface area contributed by atoms with Crippen LogP contribution in [-0.2, 0) is 6.42 Å². The maximum absolute atomic E-state index is 12.8. The average Bonchev–Trinajstić information content (AvgIpc) is 2.75. The number of phenolic OH excluding ortho intramolecular Hbond substituents is 1. The van der Waals surface area contributed by atoms with E-state index in [9.17, 15) is 14.3 Å². The number of carbonyl (C=O) groups excluding carboxylic acids is 1. The van der Waals surface area contributed by atoms with Gasteiger partial charge in [0.2, 0.25) is 0 Å². The van der Waals surface area contributed by atoms with E-state index in [0.29, 0.717) is 13.0 Å². The van der Waals surface area contributed by atoms with Gasteiger partial charge in [-0.05, 0) is 19.1 Å². The fraction of sp³-hybridized carbons (Fsp3) is 0.231. The average molecular weight is 280 g/mol. The minimum absolute atomic E-state index is 0.0656. The smallest absolute Gasteiger partial charge is 0.255 e. The molecule has 1 aromatic heterocycles. The number of phenols is 1. The van der Waals surface area contributed by atoms with Crippen LogP contribution in [-0.4, -0.2) is 22.5 Å². The van der Waals surface area contributed by atoms with Crippen molar-refractivity contribution in [3.8, 4) is 5.75 Å². The van der Waals surface area contributed by atoms with Gasteiger partial charge in [-0.2, -0.15) is 0 Å². The van der Waals surface area contributed by atoms with Crippen LogP contribution in [0.4, 0.5) is 4.39 Å². The highest BCUT2D eigenvalue weighted by atomic mass is 32.1. The van der Waals surface area contributed by atoms with E-state index in [4.69, 9.17) is 0 Å². The molecule has 0 aliphatic rings. The van der Waals surface area contributed by atoms with Gasteiger partial charge in [0.15, 0.2) is 0 Å². The van der Waals surface area contributed by atoms with Gasteiger partial charge in [-0.3, -0.25) is 4.79 Å². The van der Waals surface area contributed by atoms with E-state index >= 15 is 0 Å². The zero-order valence-corrected chi connectivity index (χ0v) is 11.1. The molecule has 1 aromatic carbocycles. The lowest BCUT2D eigenvalue weighted by Gasteiger charge is -2.06. The molecular weight excluding hydrogens is 267 g/mol. The van der Waals surface area contributed by atoms with Gasteiger partial charge in [-0.25, -0.2) is 9.37 Å². The molecule has 0 atom stereocenters. The quantitative estimate of drug-likeness (QED) is 0.903. The molecule has 0 aliphatic carbocycles. The van der Waals surface area contributed by atoms with Crippen LogP contribution in [0.1, 0.15) is 21.1 Å². The number of aromatic nitrogens is 1. The maximum atomic E-state index is 12.8. The normalized spacial score (nSPS) is 10.4. The minimum atomic E-state index is -0.577. The van der Waals surface area contributed by atoms with Gasteiger partial charge in [0.1, 0.15) is 11.6 Å². The van der Waals surface area contributed by atoms with Crippen LogP contribution in [0.5, 0.6) is 5.75 Å². The molecule has 0 radical (unpaired) electrons. The number of hydrogen-bond acceptors (Lipinski definition) is 4. The van der Waals surface area contributed by atoms with E-state index in [1.165, 1.54) is 6.07 Å². The number of aryl methyl sites for hydroxylation is 1. The molecular formula is C13H13FN2O2S. The Labute approximate surface area is 113 Å². The van der Waals surface area contributed by atoms with Gasteiger partial charge in [-0.1, -0.05) is 0 Å². The topological polar surface area (TPSA) is 62.2 Å². The monoisotopic (exact) mass is 280 g/mol. The Kier molecular flexibility index (Phi) is 4.11.